The third kappa shape index (κ3) is 5.68. The molecule has 3 rings (SSSR count). The van der Waals surface area contributed by atoms with Gasteiger partial charge in [0.05, 0.1) is 53.8 Å². The fourth-order valence-corrected chi connectivity index (χ4v) is 3.17. The third-order valence-electron chi connectivity index (χ3n) is 4.94. The van der Waals surface area contributed by atoms with Crippen molar-refractivity contribution in [3.63, 3.8) is 0 Å². The van der Waals surface area contributed by atoms with Gasteiger partial charge in [0.1, 0.15) is 23.0 Å². The molecule has 0 N–H and O–H groups in total. The molecule has 0 aliphatic carbocycles. The fourth-order valence-electron chi connectivity index (χ4n) is 3.17. The second-order valence-corrected chi connectivity index (χ2v) is 6.92. The highest BCUT2D eigenvalue weighted by molar-refractivity contribution is 5.61. The summed E-state index contributed by atoms with van der Waals surface area (Å²) in [6, 6.07) is 14.6. The molecule has 0 bridgehead atoms. The topological polar surface area (TPSA) is 55.4 Å². The molecule has 0 heterocycles. The van der Waals surface area contributed by atoms with Crippen molar-refractivity contribution < 1.29 is 28.4 Å². The van der Waals surface area contributed by atoms with E-state index >= 15 is 0 Å². The largest absolute Gasteiger partial charge is 0.497 e. The molecule has 0 amide bonds. The van der Waals surface area contributed by atoms with Gasteiger partial charge in [-0.25, -0.2) is 0 Å². The van der Waals surface area contributed by atoms with Crippen LogP contribution in [0.2, 0.25) is 0 Å². The number of hydrogen-bond acceptors (Lipinski definition) is 6. The van der Waals surface area contributed by atoms with Gasteiger partial charge >= 0.3 is 0 Å². The number of hydrogen-bond donors (Lipinski definition) is 0. The fraction of sp³-hybridized carbons (Fsp3) is 0.214. The normalized spacial score (nSPS) is 9.59. The van der Waals surface area contributed by atoms with E-state index in [1.54, 1.807) is 54.8 Å². The average Bonchev–Trinajstić information content (AvgIpc) is 2.89. The second-order valence-electron chi connectivity index (χ2n) is 6.92. The Morgan fingerprint density at radius 3 is 1.44 bits per heavy atom. The summed E-state index contributed by atoms with van der Waals surface area (Å²) < 4.78 is 32.4. The molecule has 0 unspecified atom stereocenters. The van der Waals surface area contributed by atoms with E-state index in [4.69, 9.17) is 28.4 Å². The SMILES string of the molecule is COc1cc(C#Cc2cc(C#Cc3ccc(OC)c(OC)c3)c(OC)cc2OC)cc(OC)c1. The standard InChI is InChI=1S/C28H26O6/c1-29-23-13-20(14-24(17-23)30-2)8-11-22-16-21(26(32-4)18-27(22)33-5)10-7-19-9-12-25(31-3)28(15-19)34-6/h9,12-18H,1-6H3. The first kappa shape index (κ1) is 24.2. The smallest absolute Gasteiger partial charge is 0.161 e. The summed E-state index contributed by atoms with van der Waals surface area (Å²) in [5, 5.41) is 0. The van der Waals surface area contributed by atoms with Crippen LogP contribution < -0.4 is 28.4 Å². The van der Waals surface area contributed by atoms with Crippen molar-refractivity contribution in [3.8, 4) is 58.2 Å². The van der Waals surface area contributed by atoms with Gasteiger partial charge in [0.15, 0.2) is 11.5 Å². The van der Waals surface area contributed by atoms with Crippen molar-refractivity contribution in [1.29, 1.82) is 0 Å². The minimum atomic E-state index is 0.580. The number of methoxy groups -OCH3 is 6. The summed E-state index contributed by atoms with van der Waals surface area (Å²) in [6.07, 6.45) is 0. The lowest BCUT2D eigenvalue weighted by Gasteiger charge is -2.09. The lowest BCUT2D eigenvalue weighted by atomic mass is 10.1. The van der Waals surface area contributed by atoms with Crippen molar-refractivity contribution in [2.24, 2.45) is 0 Å². The zero-order valence-corrected chi connectivity index (χ0v) is 20.1. The molecular formula is C28H26O6. The predicted molar refractivity (Wildman–Crippen MR) is 131 cm³/mol. The van der Waals surface area contributed by atoms with Gasteiger partial charge in [0.25, 0.3) is 0 Å². The Morgan fingerprint density at radius 1 is 0.412 bits per heavy atom. The Kier molecular flexibility index (Phi) is 8.16. The minimum Gasteiger partial charge on any atom is -0.497 e. The van der Waals surface area contributed by atoms with Gasteiger partial charge in [-0.2, -0.15) is 0 Å². The van der Waals surface area contributed by atoms with E-state index in [-0.39, 0.29) is 0 Å². The maximum atomic E-state index is 5.53. The molecule has 34 heavy (non-hydrogen) atoms. The molecule has 0 saturated heterocycles. The van der Waals surface area contributed by atoms with Crippen LogP contribution in [0.3, 0.4) is 0 Å². The monoisotopic (exact) mass is 458 g/mol. The van der Waals surface area contributed by atoms with Crippen LogP contribution in [0.5, 0.6) is 34.5 Å². The Balaban J connectivity index is 2.03. The van der Waals surface area contributed by atoms with Crippen molar-refractivity contribution >= 4 is 0 Å². The highest BCUT2D eigenvalue weighted by Crippen LogP contribution is 2.30. The van der Waals surface area contributed by atoms with Crippen LogP contribution in [0, 0.1) is 23.7 Å². The molecule has 6 heteroatoms. The molecule has 0 saturated carbocycles. The third-order valence-corrected chi connectivity index (χ3v) is 4.94. The second kappa shape index (κ2) is 11.4. The van der Waals surface area contributed by atoms with Crippen LogP contribution in [0.4, 0.5) is 0 Å². The van der Waals surface area contributed by atoms with E-state index in [1.807, 2.05) is 36.4 Å². The average molecular weight is 459 g/mol. The quantitative estimate of drug-likeness (QED) is 0.506. The summed E-state index contributed by atoms with van der Waals surface area (Å²) >= 11 is 0. The van der Waals surface area contributed by atoms with Gasteiger partial charge in [-0.05, 0) is 36.4 Å². The zero-order valence-electron chi connectivity index (χ0n) is 20.1. The van der Waals surface area contributed by atoms with Gasteiger partial charge in [0, 0.05) is 23.3 Å². The summed E-state index contributed by atoms with van der Waals surface area (Å²) in [7, 11) is 9.55. The van der Waals surface area contributed by atoms with E-state index in [9.17, 15) is 0 Å². The zero-order chi connectivity index (χ0) is 24.5. The molecule has 0 radical (unpaired) electrons. The molecule has 6 nitrogen and oxygen atoms in total. The first-order valence-electron chi connectivity index (χ1n) is 10.3. The highest BCUT2D eigenvalue weighted by atomic mass is 16.5. The molecule has 0 aliphatic rings. The molecule has 0 spiro atoms. The predicted octanol–water partition coefficient (Wildman–Crippen LogP) is 4.54. The van der Waals surface area contributed by atoms with E-state index < -0.39 is 0 Å². The Labute approximate surface area is 200 Å². The Morgan fingerprint density at radius 2 is 0.941 bits per heavy atom. The van der Waals surface area contributed by atoms with Gasteiger partial charge in [-0.15, -0.1) is 0 Å². The van der Waals surface area contributed by atoms with Gasteiger partial charge in [-0.1, -0.05) is 23.7 Å². The Hall–Kier alpha value is -4.42. The number of ether oxygens (including phenoxy) is 6. The first-order chi connectivity index (χ1) is 16.5. The van der Waals surface area contributed by atoms with Crippen molar-refractivity contribution in [3.05, 3.63) is 70.8 Å². The van der Waals surface area contributed by atoms with Crippen LogP contribution in [0.25, 0.3) is 0 Å². The van der Waals surface area contributed by atoms with E-state index in [0.29, 0.717) is 45.6 Å². The summed E-state index contributed by atoms with van der Waals surface area (Å²) in [5.41, 5.74) is 2.85. The number of rotatable bonds is 6. The Bertz CT molecular complexity index is 1270. The lowest BCUT2D eigenvalue weighted by molar-refractivity contribution is 0.355. The van der Waals surface area contributed by atoms with E-state index in [2.05, 4.69) is 23.7 Å². The van der Waals surface area contributed by atoms with Crippen LogP contribution in [0.1, 0.15) is 22.3 Å². The molecule has 3 aromatic carbocycles. The molecule has 0 fully saturated rings. The summed E-state index contributed by atoms with van der Waals surface area (Å²) in [6.45, 7) is 0. The van der Waals surface area contributed by atoms with Crippen LogP contribution in [0.15, 0.2) is 48.5 Å². The first-order valence-corrected chi connectivity index (χ1v) is 10.3. The van der Waals surface area contributed by atoms with Gasteiger partial charge < -0.3 is 28.4 Å². The molecule has 0 atom stereocenters. The molecular weight excluding hydrogens is 432 g/mol. The van der Waals surface area contributed by atoms with Crippen molar-refractivity contribution in [2.45, 2.75) is 0 Å². The molecule has 3 aromatic rings. The maximum Gasteiger partial charge on any atom is 0.161 e. The lowest BCUT2D eigenvalue weighted by Crippen LogP contribution is -1.95. The molecule has 0 aliphatic heterocycles. The highest BCUT2D eigenvalue weighted by Gasteiger charge is 2.09. The van der Waals surface area contributed by atoms with Crippen LogP contribution in [-0.4, -0.2) is 42.7 Å². The maximum absolute atomic E-state index is 5.53. The minimum absolute atomic E-state index is 0.580. The summed E-state index contributed by atoms with van der Waals surface area (Å²) in [4.78, 5) is 0. The van der Waals surface area contributed by atoms with E-state index in [0.717, 1.165) is 11.1 Å². The van der Waals surface area contributed by atoms with Gasteiger partial charge in [-0.3, -0.25) is 0 Å². The van der Waals surface area contributed by atoms with Crippen molar-refractivity contribution in [1.82, 2.24) is 0 Å². The molecule has 0 aromatic heterocycles. The van der Waals surface area contributed by atoms with Crippen LogP contribution in [-0.2, 0) is 0 Å². The van der Waals surface area contributed by atoms with Gasteiger partial charge in [0.2, 0.25) is 0 Å². The number of benzene rings is 3. The van der Waals surface area contributed by atoms with Crippen LogP contribution >= 0.6 is 0 Å². The molecule has 174 valence electrons. The van der Waals surface area contributed by atoms with Crippen molar-refractivity contribution in [2.75, 3.05) is 42.7 Å². The van der Waals surface area contributed by atoms with E-state index in [1.165, 1.54) is 0 Å². The summed E-state index contributed by atoms with van der Waals surface area (Å²) in [5.74, 6) is 16.3.